The number of nitrogens with zero attached hydrogens (tertiary/aromatic N) is 5. The van der Waals surface area contributed by atoms with E-state index in [4.69, 9.17) is 20.6 Å². The first-order valence-electron chi connectivity index (χ1n) is 25.4. The van der Waals surface area contributed by atoms with Gasteiger partial charge in [0.1, 0.15) is 4.90 Å². The standard InChI is InChI=1S/C55H60ClF3N6O8P2S2/c1-37(2)65-38(3)51(54(66)67)52(53(65)39-12-14-41(56)15-13-39)40-8-7-9-45(34-40)63-30-28-62(29-31-63)43-16-18-44(19-17-43)64-32-33-72-75(64,69)47-20-21-49(50(35-47)77(70,71)55(57,58)59)60-42(36-76-48-10-5-4-6-11-48)22-25-61-26-23-46(24-27-61)73-74-68/h4-21,34-35,37,42,46,60H,22-33,36H2,1-3H3,(H,66,67)/t42-,75+/m1/s1. The molecule has 22 heteroatoms. The van der Waals surface area contributed by atoms with Crippen LogP contribution in [0.15, 0.2) is 131 Å². The van der Waals surface area contributed by atoms with Crippen LogP contribution in [-0.2, 0) is 28.0 Å². The van der Waals surface area contributed by atoms with Gasteiger partial charge in [-0.3, -0.25) is 13.8 Å². The van der Waals surface area contributed by atoms with Crippen LogP contribution in [-0.4, -0.2) is 111 Å². The summed E-state index contributed by atoms with van der Waals surface area (Å²) in [5.41, 5.74) is 0.422. The van der Waals surface area contributed by atoms with Crippen LogP contribution in [0.1, 0.15) is 55.2 Å². The van der Waals surface area contributed by atoms with Crippen LogP contribution in [0.2, 0.25) is 5.02 Å². The van der Waals surface area contributed by atoms with E-state index in [2.05, 4.69) is 24.6 Å². The lowest BCUT2D eigenvalue weighted by molar-refractivity contribution is -0.0435. The largest absolute Gasteiger partial charge is 0.501 e. The molecule has 3 saturated heterocycles. The van der Waals surface area contributed by atoms with Gasteiger partial charge >= 0.3 is 27.7 Å². The fraction of sp³-hybridized carbons (Fsp3) is 0.364. The Labute approximate surface area is 458 Å². The Morgan fingerprint density at radius 3 is 2.16 bits per heavy atom. The number of piperidine rings is 1. The van der Waals surface area contributed by atoms with Gasteiger partial charge in [-0.2, -0.15) is 13.2 Å². The van der Waals surface area contributed by atoms with Crippen LogP contribution in [0.5, 0.6) is 0 Å². The quantitative estimate of drug-likeness (QED) is 0.0584. The van der Waals surface area contributed by atoms with Crippen molar-refractivity contribution in [3.63, 3.8) is 0 Å². The Bertz CT molecular complexity index is 3230. The van der Waals surface area contributed by atoms with Crippen molar-refractivity contribution in [1.82, 2.24) is 9.47 Å². The lowest BCUT2D eigenvalue weighted by Gasteiger charge is -2.37. The van der Waals surface area contributed by atoms with Crippen LogP contribution < -0.4 is 25.1 Å². The number of sulfone groups is 1. The van der Waals surface area contributed by atoms with Gasteiger partial charge in [0.25, 0.3) is 9.84 Å². The Morgan fingerprint density at radius 1 is 0.857 bits per heavy atom. The van der Waals surface area contributed by atoms with E-state index >= 15 is 4.57 Å². The molecule has 0 unspecified atom stereocenters. The second-order valence-electron chi connectivity index (χ2n) is 19.6. The van der Waals surface area contributed by atoms with Gasteiger partial charge < -0.3 is 34.2 Å². The third-order valence-electron chi connectivity index (χ3n) is 14.4. The number of carboxylic acids is 1. The fourth-order valence-corrected chi connectivity index (χ4v) is 15.3. The molecular formula is C55H60ClF3N6O8P2S2. The lowest BCUT2D eigenvalue weighted by Crippen LogP contribution is -2.46. The maximum atomic E-state index is 15.0. The summed E-state index contributed by atoms with van der Waals surface area (Å²) in [4.78, 5) is 19.5. The van der Waals surface area contributed by atoms with Crippen molar-refractivity contribution in [2.24, 2.45) is 0 Å². The number of benzene rings is 5. The minimum atomic E-state index is -5.95. The first kappa shape index (κ1) is 56.4. The van der Waals surface area contributed by atoms with Gasteiger partial charge in [-0.1, -0.05) is 54.1 Å². The SMILES string of the molecule is Cc1c(C(=O)O)c(-c2cccc(N3CCN(c4ccc(N5CCO[P@@]5(=O)c5ccc(N[C@H](CCN6CCC(OP=O)CC6)CSc6ccccc6)c(S(=O)(=O)C(F)(F)F)c5)cc4)CC3)c2)c(-c2ccc(Cl)cc2)n1C(C)C. The van der Waals surface area contributed by atoms with Crippen LogP contribution in [0.25, 0.3) is 22.4 Å². The summed E-state index contributed by atoms with van der Waals surface area (Å²) < 4.78 is 111. The molecule has 14 nitrogen and oxygen atoms in total. The second-order valence-corrected chi connectivity index (χ2v) is 25.7. The van der Waals surface area contributed by atoms with Gasteiger partial charge in [0.05, 0.1) is 41.5 Å². The number of carboxylic acid groups (broad SMARTS) is 1. The number of aromatic nitrogens is 1. The number of likely N-dealkylation sites (tertiary alicyclic amines) is 1. The van der Waals surface area contributed by atoms with Gasteiger partial charge in [0.15, 0.2) is 0 Å². The van der Waals surface area contributed by atoms with Crippen molar-refractivity contribution in [3.8, 4) is 22.4 Å². The number of anilines is 4. The topological polar surface area (TPSA) is 154 Å². The molecule has 6 aromatic rings. The molecule has 4 heterocycles. The van der Waals surface area contributed by atoms with Crippen molar-refractivity contribution in [1.29, 1.82) is 0 Å². The van der Waals surface area contributed by atoms with Crippen LogP contribution in [0.4, 0.5) is 35.9 Å². The van der Waals surface area contributed by atoms with Gasteiger partial charge in [-0.15, -0.1) is 11.8 Å². The zero-order valence-corrected chi connectivity index (χ0v) is 46.9. The molecule has 9 rings (SSSR count). The number of nitrogens with one attached hydrogen (secondary N) is 1. The van der Waals surface area contributed by atoms with Crippen molar-refractivity contribution >= 4 is 83.4 Å². The Balaban J connectivity index is 0.918. The van der Waals surface area contributed by atoms with Crippen LogP contribution in [0.3, 0.4) is 0 Å². The first-order valence-corrected chi connectivity index (χ1v) is 30.6. The highest BCUT2D eigenvalue weighted by molar-refractivity contribution is 7.99. The summed E-state index contributed by atoms with van der Waals surface area (Å²) in [6.45, 7) is 10.6. The number of hydrogen-bond donors (Lipinski definition) is 2. The molecule has 5 aromatic carbocycles. The van der Waals surface area contributed by atoms with E-state index < -0.39 is 39.8 Å². The van der Waals surface area contributed by atoms with Crippen molar-refractivity contribution < 1.29 is 49.7 Å². The second kappa shape index (κ2) is 23.9. The zero-order valence-electron chi connectivity index (χ0n) is 42.7. The van der Waals surface area contributed by atoms with E-state index in [-0.39, 0.29) is 50.5 Å². The molecule has 3 aliphatic rings. The maximum Gasteiger partial charge on any atom is 0.501 e. The third-order valence-corrected chi connectivity index (χ3v) is 20.3. The predicted octanol–water partition coefficient (Wildman–Crippen LogP) is 12.7. The van der Waals surface area contributed by atoms with Crippen LogP contribution >= 0.6 is 39.6 Å². The van der Waals surface area contributed by atoms with E-state index in [1.807, 2.05) is 99.6 Å². The highest BCUT2D eigenvalue weighted by Crippen LogP contribution is 2.56. The summed E-state index contributed by atoms with van der Waals surface area (Å²) in [7, 11) is -10.5. The highest BCUT2D eigenvalue weighted by Gasteiger charge is 2.49. The molecule has 0 radical (unpaired) electrons. The number of carbonyl (C=O) groups is 1. The summed E-state index contributed by atoms with van der Waals surface area (Å²) in [5, 5.41) is 14.1. The maximum absolute atomic E-state index is 15.0. The fourth-order valence-electron chi connectivity index (χ4n) is 10.6. The van der Waals surface area contributed by atoms with E-state index in [1.165, 1.54) is 28.6 Å². The van der Waals surface area contributed by atoms with Gasteiger partial charge in [-0.25, -0.2) is 17.8 Å². The number of aromatic carboxylic acids is 1. The van der Waals surface area contributed by atoms with Gasteiger partial charge in [0, 0.05) is 102 Å². The van der Waals surface area contributed by atoms with Crippen molar-refractivity contribution in [3.05, 3.63) is 138 Å². The van der Waals surface area contributed by atoms with E-state index in [9.17, 15) is 36.1 Å². The molecule has 408 valence electrons. The zero-order chi connectivity index (χ0) is 54.6. The molecule has 0 spiro atoms. The molecule has 2 N–H and O–H groups in total. The first-order chi connectivity index (χ1) is 36.9. The summed E-state index contributed by atoms with van der Waals surface area (Å²) in [6.07, 6.45) is 1.67. The highest BCUT2D eigenvalue weighted by atomic mass is 35.5. The minimum absolute atomic E-state index is 0.00851. The Hall–Kier alpha value is -5.36. The molecule has 0 aliphatic carbocycles. The molecule has 77 heavy (non-hydrogen) atoms. The molecule has 0 saturated carbocycles. The molecule has 2 atom stereocenters. The number of thioether (sulfide) groups is 1. The van der Waals surface area contributed by atoms with E-state index in [0.717, 1.165) is 39.2 Å². The molecule has 3 fully saturated rings. The van der Waals surface area contributed by atoms with Gasteiger partial charge in [-0.05, 0) is 130 Å². The Kier molecular flexibility index (Phi) is 17.5. The monoisotopic (exact) mass is 1150 g/mol. The minimum Gasteiger partial charge on any atom is -0.478 e. The van der Waals surface area contributed by atoms with E-state index in [0.29, 0.717) is 92.8 Å². The number of rotatable bonds is 19. The lowest BCUT2D eigenvalue weighted by atomic mass is 9.96. The predicted molar refractivity (Wildman–Crippen MR) is 301 cm³/mol. The molecular weight excluding hydrogens is 1090 g/mol. The molecule has 0 bridgehead atoms. The molecule has 1 aromatic heterocycles. The Morgan fingerprint density at radius 2 is 1.52 bits per heavy atom. The van der Waals surface area contributed by atoms with Crippen LogP contribution in [0, 0.1) is 6.92 Å². The average Bonchev–Trinajstić information content (AvgIpc) is 4.10. The number of halogens is 4. The van der Waals surface area contributed by atoms with Crippen molar-refractivity contribution in [2.75, 3.05) is 84.5 Å². The summed E-state index contributed by atoms with van der Waals surface area (Å²) in [6, 6.07) is 35.2. The number of hydrogen-bond acceptors (Lipinski definition) is 12. The van der Waals surface area contributed by atoms with E-state index in [1.54, 1.807) is 24.3 Å². The smallest absolute Gasteiger partial charge is 0.478 e. The molecule has 3 aliphatic heterocycles. The average molecular weight is 1150 g/mol. The summed E-state index contributed by atoms with van der Waals surface area (Å²) >= 11 is 7.76. The van der Waals surface area contributed by atoms with Gasteiger partial charge in [0.2, 0.25) is 0 Å². The number of alkyl halides is 3. The number of piperazine rings is 1. The normalized spacial score (nSPS) is 18.4. The third kappa shape index (κ3) is 12.3. The summed E-state index contributed by atoms with van der Waals surface area (Å²) in [5.74, 6) is -0.605. The van der Waals surface area contributed by atoms with Crippen molar-refractivity contribution in [2.45, 2.75) is 73.5 Å². The molecule has 0 amide bonds.